The van der Waals surface area contributed by atoms with Gasteiger partial charge in [-0.05, 0) is 70.0 Å². The van der Waals surface area contributed by atoms with E-state index in [4.69, 9.17) is 0 Å². The molecule has 4 aromatic rings. The first-order chi connectivity index (χ1) is 14.7. The number of allylic oxidation sites excluding steroid dienone is 1. The largest absolute Gasteiger partial charge is 0.206 e. The summed E-state index contributed by atoms with van der Waals surface area (Å²) in [5.41, 5.74) is 6.11. The van der Waals surface area contributed by atoms with Crippen molar-refractivity contribution in [3.63, 3.8) is 0 Å². The van der Waals surface area contributed by atoms with Crippen molar-refractivity contribution in [2.24, 2.45) is 0 Å². The van der Waals surface area contributed by atoms with Crippen LogP contribution >= 0.6 is 0 Å². The molecule has 0 spiro atoms. The highest BCUT2D eigenvalue weighted by molar-refractivity contribution is 5.88. The third kappa shape index (κ3) is 4.36. The number of fused-ring (bicyclic) bond motifs is 1. The second-order valence-electron chi connectivity index (χ2n) is 7.87. The normalized spacial score (nSPS) is 11.0. The Morgan fingerprint density at radius 3 is 2.10 bits per heavy atom. The Labute approximate surface area is 178 Å². The number of hydrogen-bond donors (Lipinski definition) is 0. The number of hydrogen-bond acceptors (Lipinski definition) is 0. The van der Waals surface area contributed by atoms with Crippen LogP contribution in [0.4, 0.5) is 4.39 Å². The fourth-order valence-corrected chi connectivity index (χ4v) is 3.97. The van der Waals surface area contributed by atoms with E-state index in [-0.39, 0.29) is 5.82 Å². The summed E-state index contributed by atoms with van der Waals surface area (Å²) in [5, 5.41) is 2.35. The minimum Gasteiger partial charge on any atom is -0.206 e. The van der Waals surface area contributed by atoms with Gasteiger partial charge in [0.25, 0.3) is 0 Å². The average molecular weight is 395 g/mol. The molecule has 30 heavy (non-hydrogen) atoms. The number of aryl methyl sites for hydroxylation is 2. The topological polar surface area (TPSA) is 0 Å². The van der Waals surface area contributed by atoms with Gasteiger partial charge in [-0.1, -0.05) is 86.2 Å². The maximum atomic E-state index is 15.0. The molecule has 0 heterocycles. The molecule has 0 aromatic heterocycles. The zero-order valence-electron chi connectivity index (χ0n) is 17.5. The maximum Gasteiger partial charge on any atom is 0.131 e. The third-order valence-electron chi connectivity index (χ3n) is 5.65. The SMILES string of the molecule is C=CCCc1ccc(-c2ccc(-c3ccc4cc(CCC)ccc4c3)c(F)c2)cc1. The minimum atomic E-state index is -0.190. The van der Waals surface area contributed by atoms with Gasteiger partial charge in [0.2, 0.25) is 0 Å². The van der Waals surface area contributed by atoms with E-state index in [1.54, 1.807) is 6.07 Å². The highest BCUT2D eigenvalue weighted by Gasteiger charge is 2.09. The second kappa shape index (κ2) is 9.09. The van der Waals surface area contributed by atoms with Crippen molar-refractivity contribution in [2.45, 2.75) is 32.6 Å². The monoisotopic (exact) mass is 394 g/mol. The molecule has 0 nitrogen and oxygen atoms in total. The van der Waals surface area contributed by atoms with E-state index in [2.05, 4.69) is 68.1 Å². The summed E-state index contributed by atoms with van der Waals surface area (Å²) in [6.45, 7) is 5.96. The molecular weight excluding hydrogens is 367 g/mol. The van der Waals surface area contributed by atoms with E-state index >= 15 is 4.39 Å². The Morgan fingerprint density at radius 2 is 1.37 bits per heavy atom. The van der Waals surface area contributed by atoms with Crippen LogP contribution in [-0.2, 0) is 12.8 Å². The summed E-state index contributed by atoms with van der Waals surface area (Å²) in [6.07, 6.45) is 6.11. The predicted molar refractivity (Wildman–Crippen MR) is 127 cm³/mol. The average Bonchev–Trinajstić information content (AvgIpc) is 2.78. The Hall–Kier alpha value is -3.19. The van der Waals surface area contributed by atoms with E-state index in [1.165, 1.54) is 16.5 Å². The molecule has 0 saturated heterocycles. The smallest absolute Gasteiger partial charge is 0.131 e. The molecule has 0 aliphatic heterocycles. The molecule has 0 saturated carbocycles. The van der Waals surface area contributed by atoms with Crippen molar-refractivity contribution in [1.29, 1.82) is 0 Å². The highest BCUT2D eigenvalue weighted by atomic mass is 19.1. The van der Waals surface area contributed by atoms with Crippen LogP contribution in [0.1, 0.15) is 30.9 Å². The molecule has 0 unspecified atom stereocenters. The van der Waals surface area contributed by atoms with Crippen molar-refractivity contribution in [1.82, 2.24) is 0 Å². The summed E-state index contributed by atoms with van der Waals surface area (Å²) in [4.78, 5) is 0. The Kier molecular flexibility index (Phi) is 6.09. The van der Waals surface area contributed by atoms with Crippen molar-refractivity contribution < 1.29 is 4.39 Å². The summed E-state index contributed by atoms with van der Waals surface area (Å²) in [6, 6.07) is 26.6. The lowest BCUT2D eigenvalue weighted by Gasteiger charge is -2.10. The fourth-order valence-electron chi connectivity index (χ4n) is 3.97. The van der Waals surface area contributed by atoms with Crippen LogP contribution < -0.4 is 0 Å². The number of rotatable bonds is 7. The molecule has 0 radical (unpaired) electrons. The van der Waals surface area contributed by atoms with Crippen LogP contribution in [-0.4, -0.2) is 0 Å². The quantitative estimate of drug-likeness (QED) is 0.276. The Bertz CT molecular complexity index is 1170. The lowest BCUT2D eigenvalue weighted by atomic mass is 9.96. The van der Waals surface area contributed by atoms with Gasteiger partial charge in [0.1, 0.15) is 5.82 Å². The molecule has 0 N–H and O–H groups in total. The van der Waals surface area contributed by atoms with Gasteiger partial charge in [0.15, 0.2) is 0 Å². The number of halogens is 1. The fraction of sp³-hybridized carbons (Fsp3) is 0.172. The van der Waals surface area contributed by atoms with Crippen molar-refractivity contribution in [2.75, 3.05) is 0 Å². The van der Waals surface area contributed by atoms with Gasteiger partial charge >= 0.3 is 0 Å². The van der Waals surface area contributed by atoms with Gasteiger partial charge < -0.3 is 0 Å². The molecule has 150 valence electrons. The summed E-state index contributed by atoms with van der Waals surface area (Å²) >= 11 is 0. The molecule has 1 heteroatoms. The van der Waals surface area contributed by atoms with Crippen LogP contribution in [0.3, 0.4) is 0 Å². The first-order valence-corrected chi connectivity index (χ1v) is 10.7. The maximum absolute atomic E-state index is 15.0. The minimum absolute atomic E-state index is 0.190. The van der Waals surface area contributed by atoms with Crippen LogP contribution in [0.5, 0.6) is 0 Å². The number of benzene rings is 4. The molecular formula is C29H27F. The molecule has 4 aromatic carbocycles. The molecule has 0 aliphatic rings. The van der Waals surface area contributed by atoms with Crippen LogP contribution in [0, 0.1) is 5.82 Å². The standard InChI is InChI=1S/C29H27F/c1-3-5-7-21-8-11-23(12-9-21)26-16-17-28(29(30)20-26)27-15-14-24-18-22(6-4-2)10-13-25(24)19-27/h3,8-20H,1,4-7H2,2H3. The Morgan fingerprint density at radius 1 is 0.700 bits per heavy atom. The molecule has 0 fully saturated rings. The van der Waals surface area contributed by atoms with Crippen molar-refractivity contribution in [3.05, 3.63) is 108 Å². The zero-order valence-corrected chi connectivity index (χ0v) is 17.5. The van der Waals surface area contributed by atoms with E-state index < -0.39 is 0 Å². The van der Waals surface area contributed by atoms with E-state index in [0.29, 0.717) is 5.56 Å². The second-order valence-corrected chi connectivity index (χ2v) is 7.87. The molecule has 0 amide bonds. The molecule has 0 bridgehead atoms. The van der Waals surface area contributed by atoms with Gasteiger partial charge in [-0.3, -0.25) is 0 Å². The summed E-state index contributed by atoms with van der Waals surface area (Å²) in [7, 11) is 0. The zero-order chi connectivity index (χ0) is 20.9. The molecule has 0 atom stereocenters. The van der Waals surface area contributed by atoms with Crippen molar-refractivity contribution >= 4 is 10.8 Å². The highest BCUT2D eigenvalue weighted by Crippen LogP contribution is 2.30. The van der Waals surface area contributed by atoms with Crippen LogP contribution in [0.25, 0.3) is 33.0 Å². The lowest BCUT2D eigenvalue weighted by molar-refractivity contribution is 0.632. The van der Waals surface area contributed by atoms with Gasteiger partial charge in [-0.25, -0.2) is 4.39 Å². The van der Waals surface area contributed by atoms with Crippen LogP contribution in [0.2, 0.25) is 0 Å². The van der Waals surface area contributed by atoms with E-state index in [9.17, 15) is 0 Å². The van der Waals surface area contributed by atoms with Gasteiger partial charge in [0, 0.05) is 5.56 Å². The van der Waals surface area contributed by atoms with E-state index in [1.807, 2.05) is 24.3 Å². The van der Waals surface area contributed by atoms with Gasteiger partial charge in [0.05, 0.1) is 0 Å². The Balaban J connectivity index is 1.61. The molecule has 0 aliphatic carbocycles. The summed E-state index contributed by atoms with van der Waals surface area (Å²) in [5.74, 6) is -0.190. The first kappa shape index (κ1) is 20.1. The first-order valence-electron chi connectivity index (χ1n) is 10.7. The van der Waals surface area contributed by atoms with E-state index in [0.717, 1.165) is 47.8 Å². The van der Waals surface area contributed by atoms with Gasteiger partial charge in [-0.2, -0.15) is 0 Å². The lowest BCUT2D eigenvalue weighted by Crippen LogP contribution is -1.89. The third-order valence-corrected chi connectivity index (χ3v) is 5.65. The summed E-state index contributed by atoms with van der Waals surface area (Å²) < 4.78 is 15.0. The predicted octanol–water partition coefficient (Wildman–Crippen LogP) is 8.38. The molecule has 4 rings (SSSR count). The van der Waals surface area contributed by atoms with Crippen molar-refractivity contribution in [3.8, 4) is 22.3 Å². The van der Waals surface area contributed by atoms with Gasteiger partial charge in [-0.15, -0.1) is 6.58 Å². The van der Waals surface area contributed by atoms with Crippen LogP contribution in [0.15, 0.2) is 91.5 Å².